The summed E-state index contributed by atoms with van der Waals surface area (Å²) in [5.41, 5.74) is 6.13. The standard InChI is InChI=1S/C13H17F3N2O3/c1-20-7-11(17)12(19)18-6-9-3-2-4-10(5-9)21-8-13(14,15)16/h2-5,11H,6-8,17H2,1H3,(H,18,19). The Morgan fingerprint density at radius 2 is 2.14 bits per heavy atom. The van der Waals surface area contributed by atoms with Crippen molar-refractivity contribution in [3.05, 3.63) is 29.8 Å². The van der Waals surface area contributed by atoms with Gasteiger partial charge >= 0.3 is 6.18 Å². The van der Waals surface area contributed by atoms with Gasteiger partial charge in [-0.15, -0.1) is 0 Å². The predicted octanol–water partition coefficient (Wildman–Crippen LogP) is 1.22. The number of benzene rings is 1. The van der Waals surface area contributed by atoms with Crippen LogP contribution in [0.3, 0.4) is 0 Å². The van der Waals surface area contributed by atoms with Gasteiger partial charge in [0, 0.05) is 13.7 Å². The number of methoxy groups -OCH3 is 1. The van der Waals surface area contributed by atoms with E-state index in [0.29, 0.717) is 5.56 Å². The first-order chi connectivity index (χ1) is 9.81. The summed E-state index contributed by atoms with van der Waals surface area (Å²) in [7, 11) is 1.43. The van der Waals surface area contributed by atoms with E-state index in [0.717, 1.165) is 0 Å². The molecule has 0 fully saturated rings. The molecule has 1 unspecified atom stereocenters. The van der Waals surface area contributed by atoms with Crippen molar-refractivity contribution in [3.8, 4) is 5.75 Å². The first-order valence-electron chi connectivity index (χ1n) is 6.12. The van der Waals surface area contributed by atoms with Gasteiger partial charge in [-0.05, 0) is 17.7 Å². The molecule has 0 saturated carbocycles. The van der Waals surface area contributed by atoms with E-state index in [1.54, 1.807) is 12.1 Å². The first-order valence-corrected chi connectivity index (χ1v) is 6.12. The van der Waals surface area contributed by atoms with Gasteiger partial charge in [0.2, 0.25) is 5.91 Å². The van der Waals surface area contributed by atoms with E-state index in [9.17, 15) is 18.0 Å². The summed E-state index contributed by atoms with van der Waals surface area (Å²) in [4.78, 5) is 11.6. The van der Waals surface area contributed by atoms with Crippen LogP contribution in [0.1, 0.15) is 5.56 Å². The molecule has 118 valence electrons. The van der Waals surface area contributed by atoms with Crippen molar-refractivity contribution in [1.29, 1.82) is 0 Å². The van der Waals surface area contributed by atoms with Gasteiger partial charge in [-0.1, -0.05) is 12.1 Å². The number of rotatable bonds is 7. The van der Waals surface area contributed by atoms with E-state index in [4.69, 9.17) is 10.5 Å². The minimum Gasteiger partial charge on any atom is -0.484 e. The fourth-order valence-corrected chi connectivity index (χ4v) is 1.49. The van der Waals surface area contributed by atoms with Crippen LogP contribution in [0.2, 0.25) is 0 Å². The third-order valence-corrected chi connectivity index (χ3v) is 2.45. The molecular formula is C13H17F3N2O3. The molecule has 0 aliphatic carbocycles. The fraction of sp³-hybridized carbons (Fsp3) is 0.462. The molecule has 1 aromatic carbocycles. The van der Waals surface area contributed by atoms with Crippen molar-refractivity contribution >= 4 is 5.91 Å². The number of halogens is 3. The molecule has 21 heavy (non-hydrogen) atoms. The minimum absolute atomic E-state index is 0.0836. The van der Waals surface area contributed by atoms with Gasteiger partial charge in [0.05, 0.1) is 6.61 Å². The monoisotopic (exact) mass is 306 g/mol. The number of amides is 1. The highest BCUT2D eigenvalue weighted by molar-refractivity contribution is 5.81. The largest absolute Gasteiger partial charge is 0.484 e. The number of alkyl halides is 3. The number of carbonyl (C=O) groups excluding carboxylic acids is 1. The molecule has 0 aromatic heterocycles. The molecule has 3 N–H and O–H groups in total. The highest BCUT2D eigenvalue weighted by atomic mass is 19.4. The van der Waals surface area contributed by atoms with Crippen molar-refractivity contribution in [1.82, 2.24) is 5.32 Å². The lowest BCUT2D eigenvalue weighted by Crippen LogP contribution is -2.43. The lowest BCUT2D eigenvalue weighted by Gasteiger charge is -2.12. The molecule has 1 atom stereocenters. The second kappa shape index (κ2) is 7.84. The summed E-state index contributed by atoms with van der Waals surface area (Å²) in [5.74, 6) is -0.321. The second-order valence-corrected chi connectivity index (χ2v) is 4.33. The maximum atomic E-state index is 12.0. The lowest BCUT2D eigenvalue weighted by atomic mass is 10.2. The molecule has 0 spiro atoms. The fourth-order valence-electron chi connectivity index (χ4n) is 1.49. The number of hydrogen-bond acceptors (Lipinski definition) is 4. The normalized spacial score (nSPS) is 12.8. The van der Waals surface area contributed by atoms with Gasteiger partial charge in [0.1, 0.15) is 11.8 Å². The number of nitrogens with two attached hydrogens (primary N) is 1. The van der Waals surface area contributed by atoms with Gasteiger partial charge in [0.15, 0.2) is 6.61 Å². The molecule has 8 heteroatoms. The van der Waals surface area contributed by atoms with Crippen molar-refractivity contribution in [2.24, 2.45) is 5.73 Å². The van der Waals surface area contributed by atoms with Crippen LogP contribution in [0.5, 0.6) is 5.75 Å². The van der Waals surface area contributed by atoms with E-state index in [2.05, 4.69) is 10.1 Å². The number of ether oxygens (including phenoxy) is 2. The van der Waals surface area contributed by atoms with Gasteiger partial charge < -0.3 is 20.5 Å². The molecule has 0 aliphatic rings. The summed E-state index contributed by atoms with van der Waals surface area (Å²) in [6, 6.07) is 5.24. The van der Waals surface area contributed by atoms with Crippen molar-refractivity contribution in [2.75, 3.05) is 20.3 Å². The highest BCUT2D eigenvalue weighted by Gasteiger charge is 2.28. The molecule has 1 rings (SSSR count). The zero-order chi connectivity index (χ0) is 15.9. The molecule has 0 aliphatic heterocycles. The average Bonchev–Trinajstić information content (AvgIpc) is 2.42. The molecule has 0 heterocycles. The van der Waals surface area contributed by atoms with Crippen LogP contribution >= 0.6 is 0 Å². The number of carbonyl (C=O) groups is 1. The Hall–Kier alpha value is -1.80. The quantitative estimate of drug-likeness (QED) is 0.794. The van der Waals surface area contributed by atoms with E-state index >= 15 is 0 Å². The molecule has 0 bridgehead atoms. The Morgan fingerprint density at radius 3 is 2.76 bits per heavy atom. The molecule has 5 nitrogen and oxygen atoms in total. The van der Waals surface area contributed by atoms with Crippen LogP contribution < -0.4 is 15.8 Å². The van der Waals surface area contributed by atoms with Gasteiger partial charge in [0.25, 0.3) is 0 Å². The lowest BCUT2D eigenvalue weighted by molar-refractivity contribution is -0.153. The summed E-state index contributed by atoms with van der Waals surface area (Å²) in [6.45, 7) is -1.14. The molecule has 1 amide bonds. The third kappa shape index (κ3) is 6.96. The van der Waals surface area contributed by atoms with Gasteiger partial charge in [-0.3, -0.25) is 4.79 Å². The summed E-state index contributed by atoms with van der Waals surface area (Å²) < 4.78 is 45.5. The summed E-state index contributed by atoms with van der Waals surface area (Å²) in [5, 5.41) is 2.56. The average molecular weight is 306 g/mol. The van der Waals surface area contributed by atoms with Gasteiger partial charge in [-0.25, -0.2) is 0 Å². The van der Waals surface area contributed by atoms with Crippen LogP contribution in [-0.4, -0.2) is 38.4 Å². The summed E-state index contributed by atoms with van der Waals surface area (Å²) in [6.07, 6.45) is -4.39. The number of nitrogens with one attached hydrogen (secondary N) is 1. The Bertz CT molecular complexity index is 466. The molecular weight excluding hydrogens is 289 g/mol. The third-order valence-electron chi connectivity index (χ3n) is 2.45. The highest BCUT2D eigenvalue weighted by Crippen LogP contribution is 2.19. The van der Waals surface area contributed by atoms with Crippen LogP contribution in [-0.2, 0) is 16.1 Å². The van der Waals surface area contributed by atoms with E-state index in [-0.39, 0.29) is 18.9 Å². The second-order valence-electron chi connectivity index (χ2n) is 4.33. The molecule has 0 radical (unpaired) electrons. The topological polar surface area (TPSA) is 73.6 Å². The minimum atomic E-state index is -4.39. The molecule has 0 saturated heterocycles. The van der Waals surface area contributed by atoms with E-state index in [1.165, 1.54) is 19.2 Å². The van der Waals surface area contributed by atoms with E-state index in [1.807, 2.05) is 0 Å². The predicted molar refractivity (Wildman–Crippen MR) is 69.7 cm³/mol. The summed E-state index contributed by atoms with van der Waals surface area (Å²) >= 11 is 0. The first kappa shape index (κ1) is 17.3. The SMILES string of the molecule is COCC(N)C(=O)NCc1cccc(OCC(F)(F)F)c1. The van der Waals surface area contributed by atoms with E-state index < -0.39 is 24.7 Å². The van der Waals surface area contributed by atoms with Crippen molar-refractivity contribution in [2.45, 2.75) is 18.8 Å². The Morgan fingerprint density at radius 1 is 1.43 bits per heavy atom. The van der Waals surface area contributed by atoms with Crippen LogP contribution in [0.25, 0.3) is 0 Å². The maximum absolute atomic E-state index is 12.0. The van der Waals surface area contributed by atoms with Crippen LogP contribution in [0.4, 0.5) is 13.2 Å². The Kier molecular flexibility index (Phi) is 6.44. The smallest absolute Gasteiger partial charge is 0.422 e. The van der Waals surface area contributed by atoms with Crippen molar-refractivity contribution < 1.29 is 27.4 Å². The maximum Gasteiger partial charge on any atom is 0.422 e. The Balaban J connectivity index is 2.51. The molecule has 1 aromatic rings. The van der Waals surface area contributed by atoms with Crippen molar-refractivity contribution in [3.63, 3.8) is 0 Å². The van der Waals surface area contributed by atoms with Gasteiger partial charge in [-0.2, -0.15) is 13.2 Å². The Labute approximate surface area is 120 Å². The zero-order valence-electron chi connectivity index (χ0n) is 11.4. The van der Waals surface area contributed by atoms with Crippen LogP contribution in [0.15, 0.2) is 24.3 Å². The number of hydrogen-bond donors (Lipinski definition) is 2. The van der Waals surface area contributed by atoms with Crippen LogP contribution in [0, 0.1) is 0 Å². The zero-order valence-corrected chi connectivity index (χ0v) is 11.4.